The lowest BCUT2D eigenvalue weighted by molar-refractivity contribution is -0.130. The SMILES string of the molecule is CCC(CC)C(=O)NCCN(CCCc1ccccc1)C(C)=O. The molecule has 0 aliphatic rings. The number of hydrogen-bond donors (Lipinski definition) is 1. The van der Waals surface area contributed by atoms with Crippen LogP contribution in [0.2, 0.25) is 0 Å². The van der Waals surface area contributed by atoms with E-state index >= 15 is 0 Å². The summed E-state index contributed by atoms with van der Waals surface area (Å²) in [5.74, 6) is 0.247. The molecule has 0 radical (unpaired) electrons. The minimum atomic E-state index is 0.0647. The third-order valence-electron chi connectivity index (χ3n) is 4.22. The van der Waals surface area contributed by atoms with E-state index in [0.29, 0.717) is 13.1 Å². The van der Waals surface area contributed by atoms with Gasteiger partial charge in [-0.3, -0.25) is 9.59 Å². The number of carbonyl (C=O) groups excluding carboxylic acids is 2. The van der Waals surface area contributed by atoms with E-state index in [-0.39, 0.29) is 17.7 Å². The Morgan fingerprint density at radius 1 is 1.09 bits per heavy atom. The molecule has 1 N–H and O–H groups in total. The third-order valence-corrected chi connectivity index (χ3v) is 4.22. The molecule has 0 saturated carbocycles. The lowest BCUT2D eigenvalue weighted by Gasteiger charge is -2.22. The van der Waals surface area contributed by atoms with E-state index in [1.54, 1.807) is 6.92 Å². The number of rotatable bonds is 10. The maximum absolute atomic E-state index is 11.9. The minimum absolute atomic E-state index is 0.0647. The van der Waals surface area contributed by atoms with Crippen LogP contribution in [0.4, 0.5) is 0 Å². The van der Waals surface area contributed by atoms with E-state index in [2.05, 4.69) is 17.4 Å². The smallest absolute Gasteiger partial charge is 0.223 e. The van der Waals surface area contributed by atoms with Gasteiger partial charge in [0.15, 0.2) is 0 Å². The summed E-state index contributed by atoms with van der Waals surface area (Å²) in [5, 5.41) is 2.95. The Labute approximate surface area is 140 Å². The summed E-state index contributed by atoms with van der Waals surface area (Å²) in [6.07, 6.45) is 3.61. The molecule has 0 aliphatic carbocycles. The van der Waals surface area contributed by atoms with Crippen LogP contribution >= 0.6 is 0 Å². The van der Waals surface area contributed by atoms with Crippen LogP contribution in [-0.2, 0) is 16.0 Å². The summed E-state index contributed by atoms with van der Waals surface area (Å²) in [7, 11) is 0. The summed E-state index contributed by atoms with van der Waals surface area (Å²) in [4.78, 5) is 25.5. The molecule has 0 aliphatic heterocycles. The maximum atomic E-state index is 11.9. The highest BCUT2D eigenvalue weighted by atomic mass is 16.2. The number of hydrogen-bond acceptors (Lipinski definition) is 2. The van der Waals surface area contributed by atoms with Crippen molar-refractivity contribution >= 4 is 11.8 Å². The van der Waals surface area contributed by atoms with Crippen LogP contribution in [0.25, 0.3) is 0 Å². The number of nitrogens with one attached hydrogen (secondary N) is 1. The van der Waals surface area contributed by atoms with Gasteiger partial charge in [-0.1, -0.05) is 44.2 Å². The molecule has 0 spiro atoms. The first-order chi connectivity index (χ1) is 11.1. The average molecular weight is 318 g/mol. The highest BCUT2D eigenvalue weighted by Gasteiger charge is 2.14. The van der Waals surface area contributed by atoms with Crippen molar-refractivity contribution in [3.8, 4) is 0 Å². The number of nitrogens with zero attached hydrogens (tertiary/aromatic N) is 1. The highest BCUT2D eigenvalue weighted by molar-refractivity contribution is 5.78. The van der Waals surface area contributed by atoms with Crippen LogP contribution in [0.15, 0.2) is 30.3 Å². The zero-order valence-electron chi connectivity index (χ0n) is 14.7. The third kappa shape index (κ3) is 7.31. The summed E-state index contributed by atoms with van der Waals surface area (Å²) < 4.78 is 0. The van der Waals surface area contributed by atoms with Gasteiger partial charge in [0.2, 0.25) is 11.8 Å². The van der Waals surface area contributed by atoms with Crippen molar-refractivity contribution in [2.75, 3.05) is 19.6 Å². The number of aryl methyl sites for hydroxylation is 1. The first kappa shape index (κ1) is 19.2. The molecule has 1 aromatic rings. The van der Waals surface area contributed by atoms with Gasteiger partial charge in [0.05, 0.1) is 0 Å². The molecule has 4 heteroatoms. The van der Waals surface area contributed by atoms with Gasteiger partial charge >= 0.3 is 0 Å². The minimum Gasteiger partial charge on any atom is -0.354 e. The lowest BCUT2D eigenvalue weighted by atomic mass is 10.0. The molecule has 2 amide bonds. The van der Waals surface area contributed by atoms with Crippen molar-refractivity contribution in [1.82, 2.24) is 10.2 Å². The molecular formula is C19H30N2O2. The summed E-state index contributed by atoms with van der Waals surface area (Å²) >= 11 is 0. The Balaban J connectivity index is 2.32. The second-order valence-electron chi connectivity index (χ2n) is 5.90. The van der Waals surface area contributed by atoms with E-state index in [1.807, 2.05) is 36.9 Å². The average Bonchev–Trinajstić information content (AvgIpc) is 2.55. The molecule has 0 bridgehead atoms. The molecule has 0 heterocycles. The monoisotopic (exact) mass is 318 g/mol. The number of amides is 2. The molecule has 0 fully saturated rings. The molecule has 0 saturated heterocycles. The van der Waals surface area contributed by atoms with Crippen molar-refractivity contribution in [3.63, 3.8) is 0 Å². The quantitative estimate of drug-likeness (QED) is 0.721. The van der Waals surface area contributed by atoms with Crippen LogP contribution < -0.4 is 5.32 Å². The fourth-order valence-electron chi connectivity index (χ4n) is 2.66. The Kier molecular flexibility index (Phi) is 9.03. The number of benzene rings is 1. The van der Waals surface area contributed by atoms with Crippen LogP contribution in [0.5, 0.6) is 0 Å². The van der Waals surface area contributed by atoms with E-state index in [4.69, 9.17) is 0 Å². The Morgan fingerprint density at radius 3 is 2.30 bits per heavy atom. The zero-order chi connectivity index (χ0) is 17.1. The van der Waals surface area contributed by atoms with E-state index in [1.165, 1.54) is 5.56 Å². The Morgan fingerprint density at radius 2 is 1.74 bits per heavy atom. The molecule has 0 unspecified atom stereocenters. The molecule has 0 atom stereocenters. The van der Waals surface area contributed by atoms with Crippen LogP contribution in [-0.4, -0.2) is 36.3 Å². The second kappa shape index (κ2) is 10.8. The fourth-order valence-corrected chi connectivity index (χ4v) is 2.66. The largest absolute Gasteiger partial charge is 0.354 e. The second-order valence-corrected chi connectivity index (χ2v) is 5.90. The summed E-state index contributed by atoms with van der Waals surface area (Å²) in [6, 6.07) is 10.3. The normalized spacial score (nSPS) is 10.6. The summed E-state index contributed by atoms with van der Waals surface area (Å²) in [5.41, 5.74) is 1.29. The fraction of sp³-hybridized carbons (Fsp3) is 0.579. The van der Waals surface area contributed by atoms with E-state index in [0.717, 1.165) is 32.2 Å². The van der Waals surface area contributed by atoms with Gasteiger partial charge in [-0.15, -0.1) is 0 Å². The van der Waals surface area contributed by atoms with Crippen molar-refractivity contribution in [3.05, 3.63) is 35.9 Å². The highest BCUT2D eigenvalue weighted by Crippen LogP contribution is 2.07. The predicted octanol–water partition coefficient (Wildman–Crippen LogP) is 3.02. The predicted molar refractivity (Wildman–Crippen MR) is 94.1 cm³/mol. The van der Waals surface area contributed by atoms with Gasteiger partial charge in [-0.25, -0.2) is 0 Å². The molecule has 0 aromatic heterocycles. The van der Waals surface area contributed by atoms with Gasteiger partial charge in [0.25, 0.3) is 0 Å². The van der Waals surface area contributed by atoms with Gasteiger partial charge in [-0.05, 0) is 31.2 Å². The van der Waals surface area contributed by atoms with Gasteiger partial charge in [0.1, 0.15) is 0 Å². The van der Waals surface area contributed by atoms with Crippen molar-refractivity contribution in [2.24, 2.45) is 5.92 Å². The van der Waals surface area contributed by atoms with E-state index < -0.39 is 0 Å². The van der Waals surface area contributed by atoms with Gasteiger partial charge in [0, 0.05) is 32.5 Å². The maximum Gasteiger partial charge on any atom is 0.223 e. The van der Waals surface area contributed by atoms with E-state index in [9.17, 15) is 9.59 Å². The first-order valence-electron chi connectivity index (χ1n) is 8.65. The molecule has 1 aromatic carbocycles. The topological polar surface area (TPSA) is 49.4 Å². The van der Waals surface area contributed by atoms with Crippen LogP contribution in [0.3, 0.4) is 0 Å². The molecule has 1 rings (SSSR count). The van der Waals surface area contributed by atoms with Crippen molar-refractivity contribution in [2.45, 2.75) is 46.5 Å². The lowest BCUT2D eigenvalue weighted by Crippen LogP contribution is -2.39. The molecule has 4 nitrogen and oxygen atoms in total. The van der Waals surface area contributed by atoms with Crippen molar-refractivity contribution in [1.29, 1.82) is 0 Å². The van der Waals surface area contributed by atoms with Crippen LogP contribution in [0, 0.1) is 5.92 Å². The van der Waals surface area contributed by atoms with Gasteiger partial charge in [-0.2, -0.15) is 0 Å². The molecular weight excluding hydrogens is 288 g/mol. The van der Waals surface area contributed by atoms with Crippen molar-refractivity contribution < 1.29 is 9.59 Å². The molecule has 23 heavy (non-hydrogen) atoms. The molecule has 128 valence electrons. The van der Waals surface area contributed by atoms with Gasteiger partial charge < -0.3 is 10.2 Å². The first-order valence-corrected chi connectivity index (χ1v) is 8.65. The number of carbonyl (C=O) groups is 2. The standard InChI is InChI=1S/C19H30N2O2/c1-4-18(5-2)19(23)20-13-15-21(16(3)22)14-9-12-17-10-7-6-8-11-17/h6-8,10-11,18H,4-5,9,12-15H2,1-3H3,(H,20,23). The summed E-state index contributed by atoms with van der Waals surface area (Å²) in [6.45, 7) is 7.48. The Hall–Kier alpha value is -1.84. The zero-order valence-corrected chi connectivity index (χ0v) is 14.7. The van der Waals surface area contributed by atoms with Crippen LogP contribution in [0.1, 0.15) is 45.6 Å². The Bertz CT molecular complexity index is 470.